The molecule has 5 heteroatoms. The van der Waals surface area contributed by atoms with Crippen molar-refractivity contribution in [3.63, 3.8) is 0 Å². The minimum atomic E-state index is -0.452. The van der Waals surface area contributed by atoms with E-state index >= 15 is 0 Å². The molecule has 0 bridgehead atoms. The number of methoxy groups -OCH3 is 2. The van der Waals surface area contributed by atoms with Crippen LogP contribution >= 0.6 is 0 Å². The lowest BCUT2D eigenvalue weighted by molar-refractivity contribution is -0.136. The molecule has 1 aliphatic heterocycles. The lowest BCUT2D eigenvalue weighted by atomic mass is 9.79. The average molecular weight is 315 g/mol. The van der Waals surface area contributed by atoms with Crippen LogP contribution in [0.25, 0.3) is 0 Å². The van der Waals surface area contributed by atoms with Crippen LogP contribution < -0.4 is 10.1 Å². The van der Waals surface area contributed by atoms with Gasteiger partial charge in [0.05, 0.1) is 19.8 Å². The minimum Gasteiger partial charge on any atom is -0.497 e. The zero-order valence-electron chi connectivity index (χ0n) is 14.0. The second kappa shape index (κ2) is 6.69. The van der Waals surface area contributed by atoms with Crippen LogP contribution in [0.5, 0.6) is 5.75 Å². The zero-order chi connectivity index (χ0) is 17.1. The van der Waals surface area contributed by atoms with Gasteiger partial charge in [-0.3, -0.25) is 4.79 Å². The maximum absolute atomic E-state index is 12.3. The third kappa shape index (κ3) is 3.13. The first kappa shape index (κ1) is 16.8. The molecule has 0 aliphatic carbocycles. The van der Waals surface area contributed by atoms with Crippen molar-refractivity contribution < 1.29 is 19.1 Å². The third-order valence-corrected chi connectivity index (χ3v) is 3.99. The Bertz CT molecular complexity index is 698. The highest BCUT2D eigenvalue weighted by Crippen LogP contribution is 2.39. The first-order valence-electron chi connectivity index (χ1n) is 7.32. The van der Waals surface area contributed by atoms with Crippen molar-refractivity contribution in [2.45, 2.75) is 26.7 Å². The highest BCUT2D eigenvalue weighted by Gasteiger charge is 2.35. The van der Waals surface area contributed by atoms with Gasteiger partial charge in [0.15, 0.2) is 5.78 Å². The maximum Gasteiger partial charge on any atom is 0.336 e. The molecule has 0 fully saturated rings. The molecule has 1 aliphatic rings. The number of ketones is 1. The van der Waals surface area contributed by atoms with Gasteiger partial charge in [-0.2, -0.15) is 0 Å². The van der Waals surface area contributed by atoms with Gasteiger partial charge in [-0.25, -0.2) is 4.79 Å². The number of rotatable bonds is 4. The largest absolute Gasteiger partial charge is 0.497 e. The SMILES string of the molecule is COC(=O)C1=C(C)NC(C)=C(C(C)=O)[C@H]1c1ccc(OC)cc1. The fourth-order valence-corrected chi connectivity index (χ4v) is 2.97. The van der Waals surface area contributed by atoms with Crippen molar-refractivity contribution in [1.82, 2.24) is 5.32 Å². The van der Waals surface area contributed by atoms with Crippen LogP contribution in [0.4, 0.5) is 0 Å². The molecular formula is C18H21NO4. The molecule has 2 rings (SSSR count). The molecule has 1 aromatic rings. The van der Waals surface area contributed by atoms with Gasteiger partial charge in [-0.1, -0.05) is 12.1 Å². The molecule has 1 atom stereocenters. The summed E-state index contributed by atoms with van der Waals surface area (Å²) in [6.07, 6.45) is 0. The van der Waals surface area contributed by atoms with Gasteiger partial charge in [0.25, 0.3) is 0 Å². The zero-order valence-corrected chi connectivity index (χ0v) is 14.0. The number of hydrogen-bond acceptors (Lipinski definition) is 5. The van der Waals surface area contributed by atoms with Gasteiger partial charge in [0, 0.05) is 22.9 Å². The van der Waals surface area contributed by atoms with Crippen molar-refractivity contribution in [1.29, 1.82) is 0 Å². The molecule has 0 aromatic heterocycles. The molecule has 1 N–H and O–H groups in total. The molecule has 0 amide bonds. The molecule has 5 nitrogen and oxygen atoms in total. The standard InChI is InChI=1S/C18H21NO4/c1-10-15(12(3)20)17(13-6-8-14(22-4)9-7-13)16(11(2)19-10)18(21)23-5/h6-9,17,19H,1-5H3/t17-/m1/s1. The lowest BCUT2D eigenvalue weighted by Gasteiger charge is -2.30. The van der Waals surface area contributed by atoms with Gasteiger partial charge in [-0.15, -0.1) is 0 Å². The van der Waals surface area contributed by atoms with E-state index in [9.17, 15) is 9.59 Å². The monoisotopic (exact) mass is 315 g/mol. The van der Waals surface area contributed by atoms with Crippen molar-refractivity contribution in [2.24, 2.45) is 0 Å². The predicted octanol–water partition coefficient (Wildman–Crippen LogP) is 2.69. The van der Waals surface area contributed by atoms with Gasteiger partial charge in [-0.05, 0) is 38.5 Å². The number of nitrogens with one attached hydrogen (secondary N) is 1. The second-order valence-corrected chi connectivity index (χ2v) is 5.46. The molecular weight excluding hydrogens is 294 g/mol. The highest BCUT2D eigenvalue weighted by atomic mass is 16.5. The summed E-state index contributed by atoms with van der Waals surface area (Å²) in [4.78, 5) is 24.5. The van der Waals surface area contributed by atoms with Crippen LogP contribution in [0.15, 0.2) is 46.8 Å². The summed E-state index contributed by atoms with van der Waals surface area (Å²) in [5.41, 5.74) is 3.31. The van der Waals surface area contributed by atoms with E-state index in [1.165, 1.54) is 14.0 Å². The van der Waals surface area contributed by atoms with Crippen LogP contribution in [0.3, 0.4) is 0 Å². The van der Waals surface area contributed by atoms with E-state index in [0.29, 0.717) is 22.6 Å². The summed E-state index contributed by atoms with van der Waals surface area (Å²) in [5.74, 6) is -0.257. The van der Waals surface area contributed by atoms with Crippen LogP contribution in [-0.2, 0) is 14.3 Å². The molecule has 0 unspecified atom stereocenters. The van der Waals surface area contributed by atoms with Crippen molar-refractivity contribution in [3.8, 4) is 5.75 Å². The molecule has 1 heterocycles. The third-order valence-electron chi connectivity index (χ3n) is 3.99. The number of Topliss-reactive ketones (excluding diaryl/α,β-unsaturated/α-hetero) is 1. The first-order chi connectivity index (χ1) is 10.9. The smallest absolute Gasteiger partial charge is 0.336 e. The van der Waals surface area contributed by atoms with Gasteiger partial charge in [0.2, 0.25) is 0 Å². The first-order valence-corrected chi connectivity index (χ1v) is 7.32. The number of benzene rings is 1. The summed E-state index contributed by atoms with van der Waals surface area (Å²) in [7, 11) is 2.93. The van der Waals surface area contributed by atoms with Crippen LogP contribution in [-0.4, -0.2) is 26.0 Å². The fourth-order valence-electron chi connectivity index (χ4n) is 2.97. The lowest BCUT2D eigenvalue weighted by Crippen LogP contribution is -2.30. The van der Waals surface area contributed by atoms with E-state index in [4.69, 9.17) is 9.47 Å². The number of dihydropyridines is 1. The Morgan fingerprint density at radius 3 is 2.04 bits per heavy atom. The molecule has 23 heavy (non-hydrogen) atoms. The Balaban J connectivity index is 2.63. The molecule has 0 spiro atoms. The van der Waals surface area contributed by atoms with Crippen molar-refractivity contribution in [2.75, 3.05) is 14.2 Å². The minimum absolute atomic E-state index is 0.0790. The quantitative estimate of drug-likeness (QED) is 0.866. The Morgan fingerprint density at radius 1 is 1.00 bits per heavy atom. The normalized spacial score (nSPS) is 17.7. The number of esters is 1. The van der Waals surface area contributed by atoms with Crippen molar-refractivity contribution >= 4 is 11.8 Å². The summed E-state index contributed by atoms with van der Waals surface area (Å²) >= 11 is 0. The molecule has 1 aromatic carbocycles. The topological polar surface area (TPSA) is 64.6 Å². The van der Waals surface area contributed by atoms with Crippen LogP contribution in [0.1, 0.15) is 32.3 Å². The number of ether oxygens (including phenoxy) is 2. The molecule has 0 saturated heterocycles. The van der Waals surface area contributed by atoms with Crippen LogP contribution in [0, 0.1) is 0 Å². The fraction of sp³-hybridized carbons (Fsp3) is 0.333. The van der Waals surface area contributed by atoms with E-state index in [1.807, 2.05) is 38.1 Å². The Hall–Kier alpha value is -2.56. The van der Waals surface area contributed by atoms with Gasteiger partial charge >= 0.3 is 5.97 Å². The molecule has 0 radical (unpaired) electrons. The van der Waals surface area contributed by atoms with E-state index in [2.05, 4.69) is 5.32 Å². The van der Waals surface area contributed by atoms with E-state index in [1.54, 1.807) is 7.11 Å². The van der Waals surface area contributed by atoms with Crippen molar-refractivity contribution in [3.05, 3.63) is 52.4 Å². The van der Waals surface area contributed by atoms with E-state index in [-0.39, 0.29) is 5.78 Å². The van der Waals surface area contributed by atoms with Gasteiger partial charge in [0.1, 0.15) is 5.75 Å². The van der Waals surface area contributed by atoms with Crippen LogP contribution in [0.2, 0.25) is 0 Å². The number of hydrogen-bond donors (Lipinski definition) is 1. The Labute approximate surface area is 136 Å². The maximum atomic E-state index is 12.3. The van der Waals surface area contributed by atoms with E-state index < -0.39 is 11.9 Å². The summed E-state index contributed by atoms with van der Waals surface area (Å²) in [6, 6.07) is 7.35. The Kier molecular flexibility index (Phi) is 4.89. The predicted molar refractivity (Wildman–Crippen MR) is 87.0 cm³/mol. The summed E-state index contributed by atoms with van der Waals surface area (Å²) in [5, 5.41) is 3.11. The Morgan fingerprint density at radius 2 is 1.57 bits per heavy atom. The number of carbonyl (C=O) groups is 2. The van der Waals surface area contributed by atoms with Gasteiger partial charge < -0.3 is 14.8 Å². The highest BCUT2D eigenvalue weighted by molar-refractivity contribution is 6.02. The summed E-state index contributed by atoms with van der Waals surface area (Å²) in [6.45, 7) is 5.15. The number of carbonyl (C=O) groups excluding carboxylic acids is 2. The molecule has 0 saturated carbocycles. The average Bonchev–Trinajstić information content (AvgIpc) is 2.53. The second-order valence-electron chi connectivity index (χ2n) is 5.46. The van der Waals surface area contributed by atoms with E-state index in [0.717, 1.165) is 11.3 Å². The molecule has 122 valence electrons. The summed E-state index contributed by atoms with van der Waals surface area (Å²) < 4.78 is 10.1. The number of allylic oxidation sites excluding steroid dienone is 3.